The Morgan fingerprint density at radius 2 is 2.00 bits per heavy atom. The first-order valence-corrected chi connectivity index (χ1v) is 6.31. The van der Waals surface area contributed by atoms with Crippen molar-refractivity contribution in [1.29, 1.82) is 0 Å². The number of rotatable bonds is 2. The molecule has 2 rings (SSSR count). The first kappa shape index (κ1) is 12.8. The average Bonchev–Trinajstić information content (AvgIpc) is 2.55. The summed E-state index contributed by atoms with van der Waals surface area (Å²) in [4.78, 5) is 11.2. The van der Waals surface area contributed by atoms with Crippen LogP contribution in [0.5, 0.6) is 0 Å². The third-order valence-corrected chi connectivity index (χ3v) is 3.53. The normalized spacial score (nSPS) is 27.0. The number of ether oxygens (including phenoxy) is 2. The molecular formula is C12H13IO4. The van der Waals surface area contributed by atoms with Gasteiger partial charge in [0.05, 0.1) is 0 Å². The minimum atomic E-state index is -1.000. The molecule has 0 radical (unpaired) electrons. The van der Waals surface area contributed by atoms with Crippen LogP contribution in [0.2, 0.25) is 0 Å². The molecule has 1 heterocycles. The molecule has 0 aromatic heterocycles. The highest BCUT2D eigenvalue weighted by atomic mass is 127. The van der Waals surface area contributed by atoms with E-state index in [2.05, 4.69) is 22.6 Å². The zero-order chi connectivity index (χ0) is 12.6. The predicted octanol–water partition coefficient (Wildman–Crippen LogP) is 2.57. The fraction of sp³-hybridized carbons (Fsp3) is 0.417. The Balaban J connectivity index is 2.37. The van der Waals surface area contributed by atoms with Gasteiger partial charge in [0, 0.05) is 3.57 Å². The molecule has 5 heteroatoms. The van der Waals surface area contributed by atoms with E-state index in [0.717, 1.165) is 9.13 Å². The van der Waals surface area contributed by atoms with Crippen LogP contribution in [0.25, 0.3) is 0 Å². The standard InChI is InChI=1S/C12H13IO4/c1-12(2)16-9(10(17-12)11(14)15)7-5-3-4-6-8(7)13/h3-6,9-10H,1-2H3,(H,14,15)/t9-,10+/m1/s1. The van der Waals surface area contributed by atoms with E-state index in [4.69, 9.17) is 14.6 Å². The van der Waals surface area contributed by atoms with Gasteiger partial charge < -0.3 is 14.6 Å². The highest BCUT2D eigenvalue weighted by Gasteiger charge is 2.46. The van der Waals surface area contributed by atoms with Crippen LogP contribution in [0.1, 0.15) is 25.5 Å². The lowest BCUT2D eigenvalue weighted by atomic mass is 10.0. The molecule has 1 saturated heterocycles. The van der Waals surface area contributed by atoms with Gasteiger partial charge in [0.1, 0.15) is 6.10 Å². The Labute approximate surface area is 113 Å². The van der Waals surface area contributed by atoms with Crippen LogP contribution in [0, 0.1) is 3.57 Å². The van der Waals surface area contributed by atoms with E-state index < -0.39 is 24.0 Å². The van der Waals surface area contributed by atoms with Gasteiger partial charge in [-0.2, -0.15) is 0 Å². The van der Waals surface area contributed by atoms with Crippen LogP contribution in [0.4, 0.5) is 0 Å². The highest BCUT2D eigenvalue weighted by Crippen LogP contribution is 2.39. The lowest BCUT2D eigenvalue weighted by Crippen LogP contribution is -2.27. The molecule has 1 aliphatic heterocycles. The molecule has 1 aromatic carbocycles. The number of aliphatic carboxylic acids is 1. The van der Waals surface area contributed by atoms with Crippen LogP contribution in [-0.4, -0.2) is 23.0 Å². The van der Waals surface area contributed by atoms with Gasteiger partial charge in [0.15, 0.2) is 11.9 Å². The maximum atomic E-state index is 11.2. The van der Waals surface area contributed by atoms with Gasteiger partial charge in [-0.05, 0) is 48.1 Å². The molecule has 1 aliphatic rings. The molecule has 0 spiro atoms. The fourth-order valence-electron chi connectivity index (χ4n) is 1.88. The Morgan fingerprint density at radius 3 is 2.59 bits per heavy atom. The third-order valence-electron chi connectivity index (χ3n) is 2.55. The van der Waals surface area contributed by atoms with Crippen molar-refractivity contribution in [3.8, 4) is 0 Å². The van der Waals surface area contributed by atoms with Crippen LogP contribution >= 0.6 is 22.6 Å². The van der Waals surface area contributed by atoms with Crippen molar-refractivity contribution in [1.82, 2.24) is 0 Å². The van der Waals surface area contributed by atoms with Crippen LogP contribution in [0.3, 0.4) is 0 Å². The zero-order valence-corrected chi connectivity index (χ0v) is 11.7. The second kappa shape index (κ2) is 4.55. The molecule has 0 amide bonds. The van der Waals surface area contributed by atoms with Crippen molar-refractivity contribution in [2.45, 2.75) is 31.8 Å². The Bertz CT molecular complexity index is 444. The van der Waals surface area contributed by atoms with Crippen molar-refractivity contribution in [2.24, 2.45) is 0 Å². The summed E-state index contributed by atoms with van der Waals surface area (Å²) in [5.41, 5.74) is 0.853. The second-order valence-corrected chi connectivity index (χ2v) is 5.50. The van der Waals surface area contributed by atoms with E-state index in [1.165, 1.54) is 0 Å². The molecule has 0 saturated carbocycles. The van der Waals surface area contributed by atoms with E-state index in [0.29, 0.717) is 0 Å². The van der Waals surface area contributed by atoms with Crippen molar-refractivity contribution >= 4 is 28.6 Å². The molecule has 0 bridgehead atoms. The minimum Gasteiger partial charge on any atom is -0.479 e. The van der Waals surface area contributed by atoms with Crippen molar-refractivity contribution in [3.05, 3.63) is 33.4 Å². The smallest absolute Gasteiger partial charge is 0.336 e. The van der Waals surface area contributed by atoms with E-state index >= 15 is 0 Å². The number of hydrogen-bond donors (Lipinski definition) is 1. The van der Waals surface area contributed by atoms with Crippen LogP contribution in [0.15, 0.2) is 24.3 Å². The average molecular weight is 348 g/mol. The fourth-order valence-corrected chi connectivity index (χ4v) is 2.57. The summed E-state index contributed by atoms with van der Waals surface area (Å²) >= 11 is 2.17. The Kier molecular flexibility index (Phi) is 3.42. The first-order valence-electron chi connectivity index (χ1n) is 5.23. The summed E-state index contributed by atoms with van der Waals surface area (Å²) in [6, 6.07) is 7.56. The van der Waals surface area contributed by atoms with Gasteiger partial charge in [-0.3, -0.25) is 0 Å². The SMILES string of the molecule is CC1(C)O[C@H](C(=O)O)[C@@H](c2ccccc2I)O1. The van der Waals surface area contributed by atoms with Gasteiger partial charge in [0.25, 0.3) is 0 Å². The molecule has 92 valence electrons. The lowest BCUT2D eigenvalue weighted by Gasteiger charge is -2.17. The molecule has 2 atom stereocenters. The van der Waals surface area contributed by atoms with E-state index in [-0.39, 0.29) is 0 Å². The molecule has 1 N–H and O–H groups in total. The number of hydrogen-bond acceptors (Lipinski definition) is 3. The number of carboxylic acid groups (broad SMARTS) is 1. The third kappa shape index (κ3) is 2.61. The topological polar surface area (TPSA) is 55.8 Å². The minimum absolute atomic E-state index is 0.560. The molecule has 17 heavy (non-hydrogen) atoms. The van der Waals surface area contributed by atoms with Crippen LogP contribution in [-0.2, 0) is 14.3 Å². The highest BCUT2D eigenvalue weighted by molar-refractivity contribution is 14.1. The summed E-state index contributed by atoms with van der Waals surface area (Å²) in [6.07, 6.45) is -1.52. The van der Waals surface area contributed by atoms with Gasteiger partial charge in [-0.15, -0.1) is 0 Å². The second-order valence-electron chi connectivity index (χ2n) is 4.34. The molecule has 0 unspecified atom stereocenters. The Morgan fingerprint density at radius 1 is 1.35 bits per heavy atom. The number of benzene rings is 1. The van der Waals surface area contributed by atoms with E-state index in [9.17, 15) is 4.79 Å². The quantitative estimate of drug-likeness (QED) is 0.835. The Hall–Kier alpha value is -0.660. The molecule has 4 nitrogen and oxygen atoms in total. The van der Waals surface area contributed by atoms with Crippen molar-refractivity contribution in [3.63, 3.8) is 0 Å². The molecule has 0 aliphatic carbocycles. The summed E-state index contributed by atoms with van der Waals surface area (Å²) < 4.78 is 12.1. The molecule has 1 aromatic rings. The first-order chi connectivity index (χ1) is 7.91. The van der Waals surface area contributed by atoms with E-state index in [1.54, 1.807) is 13.8 Å². The molecular weight excluding hydrogens is 335 g/mol. The van der Waals surface area contributed by atoms with Gasteiger partial charge in [-0.25, -0.2) is 4.79 Å². The monoisotopic (exact) mass is 348 g/mol. The number of carboxylic acids is 1. The summed E-state index contributed by atoms with van der Waals surface area (Å²) in [7, 11) is 0. The summed E-state index contributed by atoms with van der Waals surface area (Å²) in [5.74, 6) is -1.87. The maximum absolute atomic E-state index is 11.2. The maximum Gasteiger partial charge on any atom is 0.336 e. The van der Waals surface area contributed by atoms with Crippen LogP contribution < -0.4 is 0 Å². The number of carbonyl (C=O) groups is 1. The molecule has 1 fully saturated rings. The summed E-state index contributed by atoms with van der Waals surface area (Å²) in [5, 5.41) is 9.16. The van der Waals surface area contributed by atoms with Gasteiger partial charge in [0.2, 0.25) is 0 Å². The van der Waals surface area contributed by atoms with E-state index in [1.807, 2.05) is 24.3 Å². The predicted molar refractivity (Wildman–Crippen MR) is 69.6 cm³/mol. The zero-order valence-electron chi connectivity index (χ0n) is 9.51. The largest absolute Gasteiger partial charge is 0.479 e. The van der Waals surface area contributed by atoms with Gasteiger partial charge in [-0.1, -0.05) is 18.2 Å². The van der Waals surface area contributed by atoms with Gasteiger partial charge >= 0.3 is 5.97 Å². The van der Waals surface area contributed by atoms with Crippen molar-refractivity contribution < 1.29 is 19.4 Å². The summed E-state index contributed by atoms with van der Waals surface area (Å²) in [6.45, 7) is 3.44. The lowest BCUT2D eigenvalue weighted by molar-refractivity contribution is -0.165. The van der Waals surface area contributed by atoms with Crippen molar-refractivity contribution in [2.75, 3.05) is 0 Å². The number of halogens is 1.